The maximum atomic E-state index is 12.8. The Balaban J connectivity index is 1.63. The molecule has 1 saturated carbocycles. The molecule has 2 aliphatic rings. The van der Waals surface area contributed by atoms with Gasteiger partial charge in [-0.25, -0.2) is 0 Å². The Labute approximate surface area is 144 Å². The third-order valence-electron chi connectivity index (χ3n) is 5.27. The van der Waals surface area contributed by atoms with E-state index in [1.165, 1.54) is 12.8 Å². The zero-order valence-corrected chi connectivity index (χ0v) is 14.5. The van der Waals surface area contributed by atoms with Crippen LogP contribution in [0.25, 0.3) is 0 Å². The van der Waals surface area contributed by atoms with Gasteiger partial charge in [-0.15, -0.1) is 0 Å². The van der Waals surface area contributed by atoms with Crippen LogP contribution in [0.1, 0.15) is 44.6 Å². The van der Waals surface area contributed by atoms with Crippen LogP contribution < -0.4 is 5.32 Å². The molecule has 2 amide bonds. The van der Waals surface area contributed by atoms with Crippen molar-refractivity contribution in [3.63, 3.8) is 0 Å². The molecule has 4 nitrogen and oxygen atoms in total. The smallest absolute Gasteiger partial charge is 0.245 e. The van der Waals surface area contributed by atoms with E-state index in [-0.39, 0.29) is 11.8 Å². The number of likely N-dealkylation sites (tertiary alicyclic amines) is 1. The van der Waals surface area contributed by atoms with E-state index in [9.17, 15) is 9.59 Å². The van der Waals surface area contributed by atoms with Crippen LogP contribution in [0.5, 0.6) is 0 Å². The molecule has 24 heavy (non-hydrogen) atoms. The number of nitrogens with one attached hydrogen (secondary N) is 1. The summed E-state index contributed by atoms with van der Waals surface area (Å²) in [5, 5.41) is 3.03. The molecule has 130 valence electrons. The normalized spacial score (nSPS) is 19.8. The molecule has 1 aromatic carbocycles. The molecule has 1 aromatic rings. The minimum atomic E-state index is -0.440. The van der Waals surface area contributed by atoms with Gasteiger partial charge in [-0.1, -0.05) is 37.3 Å². The summed E-state index contributed by atoms with van der Waals surface area (Å²) in [4.78, 5) is 27.2. The second-order valence-corrected chi connectivity index (χ2v) is 7.36. The zero-order valence-electron chi connectivity index (χ0n) is 14.5. The molecule has 1 aliphatic heterocycles. The summed E-state index contributed by atoms with van der Waals surface area (Å²) < 4.78 is 0. The van der Waals surface area contributed by atoms with Gasteiger partial charge in [-0.2, -0.15) is 0 Å². The van der Waals surface area contributed by atoms with Gasteiger partial charge in [0, 0.05) is 25.9 Å². The minimum absolute atomic E-state index is 0.0166. The van der Waals surface area contributed by atoms with Crippen molar-refractivity contribution in [2.45, 2.75) is 51.5 Å². The predicted octanol–water partition coefficient (Wildman–Crippen LogP) is 2.77. The van der Waals surface area contributed by atoms with E-state index in [0.717, 1.165) is 31.5 Å². The first-order chi connectivity index (χ1) is 11.6. The van der Waals surface area contributed by atoms with Crippen molar-refractivity contribution in [1.29, 1.82) is 0 Å². The first-order valence-corrected chi connectivity index (χ1v) is 9.25. The van der Waals surface area contributed by atoms with Crippen molar-refractivity contribution in [2.75, 3.05) is 13.1 Å². The van der Waals surface area contributed by atoms with Crippen LogP contribution in [0.3, 0.4) is 0 Å². The van der Waals surface area contributed by atoms with Crippen LogP contribution in [-0.4, -0.2) is 35.8 Å². The number of carbonyl (C=O) groups is 2. The summed E-state index contributed by atoms with van der Waals surface area (Å²) in [5.41, 5.74) is 1.09. The number of rotatable bonds is 7. The van der Waals surface area contributed by atoms with Gasteiger partial charge in [-0.3, -0.25) is 9.59 Å². The fraction of sp³-hybridized carbons (Fsp3) is 0.600. The first kappa shape index (κ1) is 17.0. The van der Waals surface area contributed by atoms with Crippen LogP contribution in [0.2, 0.25) is 0 Å². The van der Waals surface area contributed by atoms with Gasteiger partial charge in [0.25, 0.3) is 0 Å². The van der Waals surface area contributed by atoms with Crippen LogP contribution >= 0.6 is 0 Å². The number of hydrogen-bond acceptors (Lipinski definition) is 2. The van der Waals surface area contributed by atoms with E-state index < -0.39 is 6.04 Å². The van der Waals surface area contributed by atoms with Gasteiger partial charge < -0.3 is 10.2 Å². The molecule has 1 aliphatic carbocycles. The molecule has 0 aromatic heterocycles. The van der Waals surface area contributed by atoms with Gasteiger partial charge >= 0.3 is 0 Å². The number of amides is 2. The Morgan fingerprint density at radius 2 is 1.83 bits per heavy atom. The molecule has 4 heteroatoms. The number of benzene rings is 1. The summed E-state index contributed by atoms with van der Waals surface area (Å²) in [6.45, 7) is 3.78. The zero-order chi connectivity index (χ0) is 16.9. The number of carbonyl (C=O) groups excluding carboxylic acids is 2. The molecule has 0 spiro atoms. The van der Waals surface area contributed by atoms with E-state index in [1.54, 1.807) is 0 Å². The van der Waals surface area contributed by atoms with Gasteiger partial charge in [0.05, 0.1) is 0 Å². The molecular formula is C20H28N2O2. The summed E-state index contributed by atoms with van der Waals surface area (Å²) in [5.74, 6) is 1.22. The Hall–Kier alpha value is -1.84. The lowest BCUT2D eigenvalue weighted by molar-refractivity contribution is -0.135. The van der Waals surface area contributed by atoms with E-state index in [1.807, 2.05) is 35.2 Å². The molecule has 0 unspecified atom stereocenters. The standard InChI is InChI=1S/C20H28N2O2/c1-15(17-9-10-17)13-19(23)21-18(14-16-7-3-2-4-8-16)20(24)22-11-5-6-12-22/h2-4,7-8,15,17-18H,5-6,9-14H2,1H3,(H,21,23)/t15-,18-/m0/s1. The molecule has 1 saturated heterocycles. The van der Waals surface area contributed by atoms with Crippen molar-refractivity contribution in [2.24, 2.45) is 11.8 Å². The van der Waals surface area contributed by atoms with Crippen LogP contribution in [0.4, 0.5) is 0 Å². The van der Waals surface area contributed by atoms with Crippen LogP contribution in [0, 0.1) is 11.8 Å². The molecule has 1 heterocycles. The van der Waals surface area contributed by atoms with Crippen LogP contribution in [-0.2, 0) is 16.0 Å². The first-order valence-electron chi connectivity index (χ1n) is 9.25. The molecule has 0 bridgehead atoms. The second-order valence-electron chi connectivity index (χ2n) is 7.36. The van der Waals surface area contributed by atoms with Crippen molar-refractivity contribution in [1.82, 2.24) is 10.2 Å². The fourth-order valence-corrected chi connectivity index (χ4v) is 3.59. The lowest BCUT2D eigenvalue weighted by Gasteiger charge is -2.25. The van der Waals surface area contributed by atoms with Gasteiger partial charge in [0.1, 0.15) is 6.04 Å². The maximum Gasteiger partial charge on any atom is 0.245 e. The highest BCUT2D eigenvalue weighted by Gasteiger charge is 2.31. The second kappa shape index (κ2) is 7.82. The SMILES string of the molecule is C[C@@H](CC(=O)N[C@@H](Cc1ccccc1)C(=O)N1CCCC1)C1CC1. The van der Waals surface area contributed by atoms with E-state index in [0.29, 0.717) is 24.7 Å². The molecule has 3 rings (SSSR count). The summed E-state index contributed by atoms with van der Waals surface area (Å²) in [6.07, 6.45) is 5.72. The number of nitrogens with zero attached hydrogens (tertiary/aromatic N) is 1. The third-order valence-corrected chi connectivity index (χ3v) is 5.27. The summed E-state index contributed by atoms with van der Waals surface area (Å²) in [6, 6.07) is 9.51. The molecule has 2 atom stereocenters. The Morgan fingerprint density at radius 1 is 1.17 bits per heavy atom. The monoisotopic (exact) mass is 328 g/mol. The average Bonchev–Trinajstić information content (AvgIpc) is 3.29. The fourth-order valence-electron chi connectivity index (χ4n) is 3.59. The molecular weight excluding hydrogens is 300 g/mol. The van der Waals surface area contributed by atoms with Crippen molar-refractivity contribution < 1.29 is 9.59 Å². The summed E-state index contributed by atoms with van der Waals surface area (Å²) in [7, 11) is 0. The van der Waals surface area contributed by atoms with E-state index >= 15 is 0 Å². The maximum absolute atomic E-state index is 12.8. The van der Waals surface area contributed by atoms with Crippen molar-refractivity contribution >= 4 is 11.8 Å². The van der Waals surface area contributed by atoms with E-state index in [2.05, 4.69) is 12.2 Å². The average molecular weight is 328 g/mol. The molecule has 0 radical (unpaired) electrons. The minimum Gasteiger partial charge on any atom is -0.344 e. The van der Waals surface area contributed by atoms with Crippen LogP contribution in [0.15, 0.2) is 30.3 Å². The Morgan fingerprint density at radius 3 is 2.46 bits per heavy atom. The van der Waals surface area contributed by atoms with Gasteiger partial charge in [-0.05, 0) is 43.1 Å². The largest absolute Gasteiger partial charge is 0.344 e. The third kappa shape index (κ3) is 4.59. The molecule has 2 fully saturated rings. The highest BCUT2D eigenvalue weighted by molar-refractivity contribution is 5.88. The highest BCUT2D eigenvalue weighted by atomic mass is 16.2. The highest BCUT2D eigenvalue weighted by Crippen LogP contribution is 2.38. The topological polar surface area (TPSA) is 49.4 Å². The predicted molar refractivity (Wildman–Crippen MR) is 94.4 cm³/mol. The van der Waals surface area contributed by atoms with Gasteiger partial charge in [0.15, 0.2) is 0 Å². The summed E-state index contributed by atoms with van der Waals surface area (Å²) >= 11 is 0. The number of hydrogen-bond donors (Lipinski definition) is 1. The van der Waals surface area contributed by atoms with Crippen molar-refractivity contribution in [3.8, 4) is 0 Å². The van der Waals surface area contributed by atoms with E-state index in [4.69, 9.17) is 0 Å². The van der Waals surface area contributed by atoms with Gasteiger partial charge in [0.2, 0.25) is 11.8 Å². The van der Waals surface area contributed by atoms with Crippen molar-refractivity contribution in [3.05, 3.63) is 35.9 Å². The Bertz CT molecular complexity index is 562. The lowest BCUT2D eigenvalue weighted by atomic mass is 10.0. The lowest BCUT2D eigenvalue weighted by Crippen LogP contribution is -2.49. The Kier molecular flexibility index (Phi) is 5.54. The molecule has 1 N–H and O–H groups in total. The quantitative estimate of drug-likeness (QED) is 0.837.